The van der Waals surface area contributed by atoms with Crippen molar-refractivity contribution in [2.75, 3.05) is 0 Å². The molecule has 4 heterocycles. The van der Waals surface area contributed by atoms with Crippen LogP contribution in [0.5, 0.6) is 5.75 Å². The van der Waals surface area contributed by atoms with Crippen LogP contribution in [0.1, 0.15) is 11.1 Å². The van der Waals surface area contributed by atoms with Crippen LogP contribution in [0.15, 0.2) is 47.7 Å². The van der Waals surface area contributed by atoms with Crippen LogP contribution in [0.25, 0.3) is 33.4 Å². The Kier molecular flexibility index (Phi) is 2.24. The summed E-state index contributed by atoms with van der Waals surface area (Å²) in [4.78, 5) is 16.1. The van der Waals surface area contributed by atoms with Crippen LogP contribution in [-0.2, 0) is 11.3 Å². The van der Waals surface area contributed by atoms with E-state index in [1.165, 1.54) is 6.07 Å². The van der Waals surface area contributed by atoms with E-state index in [1.807, 2.05) is 22.7 Å². The molecule has 1 aliphatic heterocycles. The number of nitrogens with zero attached hydrogens (tertiary/aromatic N) is 1. The molecular formula is C18H12N2O3. The zero-order valence-corrected chi connectivity index (χ0v) is 12.0. The summed E-state index contributed by atoms with van der Waals surface area (Å²) >= 11 is 0. The van der Waals surface area contributed by atoms with Crippen molar-refractivity contribution in [1.29, 1.82) is 0 Å². The van der Waals surface area contributed by atoms with Crippen molar-refractivity contribution in [3.8, 4) is 5.75 Å². The number of fused-ring (bicyclic) bond motifs is 5. The number of aromatic nitrogens is 2. The van der Waals surface area contributed by atoms with Crippen LogP contribution in [0.4, 0.5) is 0 Å². The van der Waals surface area contributed by atoms with Crippen molar-refractivity contribution in [3.63, 3.8) is 0 Å². The van der Waals surface area contributed by atoms with Gasteiger partial charge < -0.3 is 19.2 Å². The van der Waals surface area contributed by atoms with Crippen molar-refractivity contribution >= 4 is 33.4 Å². The van der Waals surface area contributed by atoms with Crippen molar-refractivity contribution in [3.05, 3.63) is 64.3 Å². The average Bonchev–Trinajstić information content (AvgIpc) is 2.91. The molecule has 112 valence electrons. The molecule has 5 heteroatoms. The van der Waals surface area contributed by atoms with E-state index in [4.69, 9.17) is 4.74 Å². The van der Waals surface area contributed by atoms with E-state index in [0.717, 1.165) is 22.2 Å². The summed E-state index contributed by atoms with van der Waals surface area (Å²) in [7, 11) is 0. The molecule has 5 nitrogen and oxygen atoms in total. The number of rotatable bonds is 0. The monoisotopic (exact) mass is 304 g/mol. The molecule has 1 aromatic carbocycles. The molecule has 2 N–H and O–H groups in total. The second kappa shape index (κ2) is 4.16. The fraction of sp³-hybridized carbons (Fsp3) is 0.0556. The van der Waals surface area contributed by atoms with Crippen molar-refractivity contribution in [2.45, 2.75) is 6.61 Å². The van der Waals surface area contributed by atoms with Gasteiger partial charge >= 0.3 is 0 Å². The molecule has 0 radical (unpaired) electrons. The van der Waals surface area contributed by atoms with Gasteiger partial charge in [0.25, 0.3) is 0 Å². The lowest BCUT2D eigenvalue weighted by atomic mass is 10.1. The van der Waals surface area contributed by atoms with Gasteiger partial charge in [-0.3, -0.25) is 4.79 Å². The number of aromatic amines is 1. The first-order valence-corrected chi connectivity index (χ1v) is 7.32. The maximum Gasteiger partial charge on any atom is 0.202 e. The van der Waals surface area contributed by atoms with Crippen LogP contribution in [0, 0.1) is 0 Å². The van der Waals surface area contributed by atoms with Crippen LogP contribution in [0.2, 0.25) is 0 Å². The lowest BCUT2D eigenvalue weighted by molar-refractivity contribution is 0.234. The van der Waals surface area contributed by atoms with Gasteiger partial charge in [-0.25, -0.2) is 0 Å². The zero-order chi connectivity index (χ0) is 15.6. The summed E-state index contributed by atoms with van der Waals surface area (Å²) in [6.45, 7) is 0.521. The Balaban J connectivity index is 2.00. The molecule has 23 heavy (non-hydrogen) atoms. The van der Waals surface area contributed by atoms with E-state index in [1.54, 1.807) is 24.6 Å². The second-order valence-electron chi connectivity index (χ2n) is 5.73. The minimum atomic E-state index is -0.166. The Bertz CT molecular complexity index is 1200. The molecule has 5 rings (SSSR count). The highest BCUT2D eigenvalue weighted by Gasteiger charge is 2.15. The van der Waals surface area contributed by atoms with Crippen molar-refractivity contribution in [2.24, 2.45) is 0 Å². The Morgan fingerprint density at radius 1 is 1.26 bits per heavy atom. The van der Waals surface area contributed by atoms with Gasteiger partial charge in [0.2, 0.25) is 5.43 Å². The number of phenols is 1. The molecule has 0 spiro atoms. The summed E-state index contributed by atoms with van der Waals surface area (Å²) in [5.74, 6) is -0.00321. The number of benzene rings is 1. The second-order valence-corrected chi connectivity index (χ2v) is 5.73. The number of pyridine rings is 2. The highest BCUT2D eigenvalue weighted by molar-refractivity contribution is 6.02. The minimum absolute atomic E-state index is 0.00321. The Morgan fingerprint density at radius 3 is 3.09 bits per heavy atom. The molecule has 4 aromatic rings. The van der Waals surface area contributed by atoms with E-state index >= 15 is 0 Å². The number of hydrogen-bond donors (Lipinski definition) is 2. The lowest BCUT2D eigenvalue weighted by Crippen LogP contribution is -2.02. The van der Waals surface area contributed by atoms with E-state index in [2.05, 4.69) is 4.98 Å². The molecule has 0 atom stereocenters. The summed E-state index contributed by atoms with van der Waals surface area (Å²) in [6, 6.07) is 7.09. The van der Waals surface area contributed by atoms with Crippen molar-refractivity contribution in [1.82, 2.24) is 9.38 Å². The molecule has 3 aromatic heterocycles. The Labute approximate surface area is 130 Å². The van der Waals surface area contributed by atoms with Gasteiger partial charge in [-0.1, -0.05) is 6.07 Å². The zero-order valence-electron chi connectivity index (χ0n) is 12.0. The molecule has 0 amide bonds. The number of ether oxygens (including phenoxy) is 1. The van der Waals surface area contributed by atoms with E-state index < -0.39 is 0 Å². The summed E-state index contributed by atoms with van der Waals surface area (Å²) < 4.78 is 7.26. The summed E-state index contributed by atoms with van der Waals surface area (Å²) in [6.07, 6.45) is 7.38. The normalized spacial score (nSPS) is 13.6. The maximum absolute atomic E-state index is 12.8. The number of hydrogen-bond acceptors (Lipinski definition) is 3. The quantitative estimate of drug-likeness (QED) is 0.524. The topological polar surface area (TPSA) is 66.7 Å². The molecule has 0 saturated carbocycles. The molecule has 0 bridgehead atoms. The first kappa shape index (κ1) is 12.3. The SMILES string of the molecule is O=c1c2cn3cc4c(cc3c2[nH]c2cccc(O)c12)C=COC4. The van der Waals surface area contributed by atoms with Gasteiger partial charge in [0.05, 0.1) is 33.6 Å². The van der Waals surface area contributed by atoms with Crippen LogP contribution >= 0.6 is 0 Å². The number of aromatic hydroxyl groups is 1. The number of nitrogens with one attached hydrogen (secondary N) is 1. The van der Waals surface area contributed by atoms with Gasteiger partial charge in [-0.05, 0) is 29.8 Å². The third-order valence-corrected chi connectivity index (χ3v) is 4.39. The van der Waals surface area contributed by atoms with Gasteiger partial charge in [-0.15, -0.1) is 0 Å². The van der Waals surface area contributed by atoms with Crippen molar-refractivity contribution < 1.29 is 9.84 Å². The van der Waals surface area contributed by atoms with E-state index in [-0.39, 0.29) is 11.2 Å². The van der Waals surface area contributed by atoms with Gasteiger partial charge in [0.15, 0.2) is 0 Å². The molecule has 0 saturated heterocycles. The predicted molar refractivity (Wildman–Crippen MR) is 88.5 cm³/mol. The van der Waals surface area contributed by atoms with Crippen LogP contribution in [0.3, 0.4) is 0 Å². The van der Waals surface area contributed by atoms with E-state index in [9.17, 15) is 9.90 Å². The van der Waals surface area contributed by atoms with Gasteiger partial charge in [0, 0.05) is 18.0 Å². The Hall–Kier alpha value is -3.21. The third kappa shape index (κ3) is 1.59. The smallest absolute Gasteiger partial charge is 0.202 e. The molecule has 0 unspecified atom stereocenters. The minimum Gasteiger partial charge on any atom is -0.507 e. The third-order valence-electron chi connectivity index (χ3n) is 4.39. The number of H-pyrrole nitrogens is 1. The highest BCUT2D eigenvalue weighted by Crippen LogP contribution is 2.28. The first-order valence-electron chi connectivity index (χ1n) is 7.32. The molecule has 0 fully saturated rings. The molecular weight excluding hydrogens is 292 g/mol. The largest absolute Gasteiger partial charge is 0.507 e. The summed E-state index contributed by atoms with van der Waals surface area (Å²) in [5.41, 5.74) is 4.32. The standard InChI is InChI=1S/C18H12N2O3/c21-15-3-1-2-13-16(15)18(22)12-8-20-7-11-9-23-5-4-10(11)6-14(20)17(12)19-13/h1-8,19,21H,9H2. The van der Waals surface area contributed by atoms with Crippen LogP contribution < -0.4 is 5.43 Å². The fourth-order valence-electron chi connectivity index (χ4n) is 3.27. The van der Waals surface area contributed by atoms with E-state index in [0.29, 0.717) is 22.9 Å². The maximum atomic E-state index is 12.8. The molecule has 0 aliphatic carbocycles. The summed E-state index contributed by atoms with van der Waals surface area (Å²) in [5, 5.41) is 10.9. The average molecular weight is 304 g/mol. The number of phenolic OH excluding ortho intramolecular Hbond substituents is 1. The predicted octanol–water partition coefficient (Wildman–Crippen LogP) is 3.14. The molecule has 1 aliphatic rings. The van der Waals surface area contributed by atoms with Gasteiger partial charge in [0.1, 0.15) is 12.4 Å². The first-order chi connectivity index (χ1) is 11.2. The Morgan fingerprint density at radius 2 is 2.17 bits per heavy atom. The highest BCUT2D eigenvalue weighted by atomic mass is 16.5. The lowest BCUT2D eigenvalue weighted by Gasteiger charge is -2.12. The van der Waals surface area contributed by atoms with Crippen LogP contribution in [-0.4, -0.2) is 14.5 Å². The fourth-order valence-corrected chi connectivity index (χ4v) is 3.27. The van der Waals surface area contributed by atoms with Gasteiger partial charge in [-0.2, -0.15) is 0 Å².